The summed E-state index contributed by atoms with van der Waals surface area (Å²) >= 11 is 1.62. The minimum Gasteiger partial charge on any atom is -0.462 e. The molecule has 0 amide bonds. The summed E-state index contributed by atoms with van der Waals surface area (Å²) in [4.78, 5) is 23.5. The SMILES string of the molecule is CCOC(=O)c1cc(CSC)cc(C(=O)OCC)c1. The summed E-state index contributed by atoms with van der Waals surface area (Å²) in [6, 6.07) is 5.01. The van der Waals surface area contributed by atoms with Crippen molar-refractivity contribution in [2.45, 2.75) is 19.6 Å². The van der Waals surface area contributed by atoms with Crippen molar-refractivity contribution in [1.82, 2.24) is 0 Å². The molecule has 104 valence electrons. The fourth-order valence-electron chi connectivity index (χ4n) is 1.61. The highest BCUT2D eigenvalue weighted by molar-refractivity contribution is 7.97. The molecule has 1 aromatic rings. The predicted octanol–water partition coefficient (Wildman–Crippen LogP) is 2.90. The molecule has 0 atom stereocenters. The van der Waals surface area contributed by atoms with Gasteiger partial charge in [0.1, 0.15) is 0 Å². The van der Waals surface area contributed by atoms with Crippen LogP contribution < -0.4 is 0 Å². The summed E-state index contributed by atoms with van der Waals surface area (Å²) in [5.41, 5.74) is 1.68. The summed E-state index contributed by atoms with van der Waals surface area (Å²) in [7, 11) is 0. The highest BCUT2D eigenvalue weighted by atomic mass is 32.2. The fourth-order valence-corrected chi connectivity index (χ4v) is 2.11. The zero-order chi connectivity index (χ0) is 14.3. The van der Waals surface area contributed by atoms with Crippen molar-refractivity contribution in [3.63, 3.8) is 0 Å². The Morgan fingerprint density at radius 2 is 1.47 bits per heavy atom. The van der Waals surface area contributed by atoms with Crippen LogP contribution >= 0.6 is 11.8 Å². The molecule has 0 spiro atoms. The molecule has 1 aromatic carbocycles. The van der Waals surface area contributed by atoms with E-state index in [4.69, 9.17) is 9.47 Å². The van der Waals surface area contributed by atoms with Crippen molar-refractivity contribution in [3.8, 4) is 0 Å². The Morgan fingerprint density at radius 1 is 1.00 bits per heavy atom. The van der Waals surface area contributed by atoms with Crippen molar-refractivity contribution < 1.29 is 19.1 Å². The van der Waals surface area contributed by atoms with Gasteiger partial charge < -0.3 is 9.47 Å². The molecule has 5 heteroatoms. The number of thioether (sulfide) groups is 1. The molecule has 0 aliphatic carbocycles. The average molecular weight is 282 g/mol. The first-order chi connectivity index (χ1) is 9.12. The lowest BCUT2D eigenvalue weighted by Gasteiger charge is -2.08. The maximum atomic E-state index is 11.8. The molecule has 0 aliphatic rings. The highest BCUT2D eigenvalue weighted by Gasteiger charge is 2.14. The molecule has 0 heterocycles. The van der Waals surface area contributed by atoms with Crippen LogP contribution in [0.5, 0.6) is 0 Å². The number of ether oxygens (including phenoxy) is 2. The summed E-state index contributed by atoms with van der Waals surface area (Å²) in [5, 5.41) is 0. The van der Waals surface area contributed by atoms with Gasteiger partial charge in [-0.25, -0.2) is 9.59 Å². The Bertz CT molecular complexity index is 421. The van der Waals surface area contributed by atoms with Gasteiger partial charge in [0.25, 0.3) is 0 Å². The zero-order valence-electron chi connectivity index (χ0n) is 11.4. The molecule has 0 N–H and O–H groups in total. The van der Waals surface area contributed by atoms with E-state index in [0.29, 0.717) is 24.3 Å². The quantitative estimate of drug-likeness (QED) is 0.751. The van der Waals surface area contributed by atoms with Crippen molar-refractivity contribution in [1.29, 1.82) is 0 Å². The van der Waals surface area contributed by atoms with E-state index in [2.05, 4.69) is 0 Å². The van der Waals surface area contributed by atoms with E-state index in [1.807, 2.05) is 6.26 Å². The van der Waals surface area contributed by atoms with Crippen LogP contribution in [-0.4, -0.2) is 31.4 Å². The number of hydrogen-bond acceptors (Lipinski definition) is 5. The lowest BCUT2D eigenvalue weighted by molar-refractivity contribution is 0.0525. The van der Waals surface area contributed by atoms with E-state index in [1.54, 1.807) is 37.7 Å². The van der Waals surface area contributed by atoms with Gasteiger partial charge in [-0.05, 0) is 43.9 Å². The van der Waals surface area contributed by atoms with E-state index < -0.39 is 11.9 Å². The Kier molecular flexibility index (Phi) is 6.42. The summed E-state index contributed by atoms with van der Waals surface area (Å²) < 4.78 is 9.92. The number of benzene rings is 1. The van der Waals surface area contributed by atoms with Crippen LogP contribution in [-0.2, 0) is 15.2 Å². The Hall–Kier alpha value is -1.49. The van der Waals surface area contributed by atoms with E-state index in [1.165, 1.54) is 6.07 Å². The van der Waals surface area contributed by atoms with Crippen LogP contribution in [0.4, 0.5) is 0 Å². The van der Waals surface area contributed by atoms with Crippen molar-refractivity contribution in [2.24, 2.45) is 0 Å². The number of hydrogen-bond donors (Lipinski definition) is 0. The van der Waals surface area contributed by atoms with E-state index in [0.717, 1.165) is 11.3 Å². The van der Waals surface area contributed by atoms with Gasteiger partial charge in [0.2, 0.25) is 0 Å². The molecule has 0 bridgehead atoms. The lowest BCUT2D eigenvalue weighted by Crippen LogP contribution is -2.10. The first kappa shape index (κ1) is 15.6. The number of carbonyl (C=O) groups excluding carboxylic acids is 2. The van der Waals surface area contributed by atoms with Crippen molar-refractivity contribution >= 4 is 23.7 Å². The molecular weight excluding hydrogens is 264 g/mol. The van der Waals surface area contributed by atoms with Gasteiger partial charge in [0.05, 0.1) is 24.3 Å². The molecule has 19 heavy (non-hydrogen) atoms. The molecule has 0 radical (unpaired) electrons. The fraction of sp³-hybridized carbons (Fsp3) is 0.429. The molecule has 0 fully saturated rings. The monoisotopic (exact) mass is 282 g/mol. The van der Waals surface area contributed by atoms with Gasteiger partial charge in [-0.3, -0.25) is 0 Å². The summed E-state index contributed by atoms with van der Waals surface area (Å²) in [6.45, 7) is 4.10. The van der Waals surface area contributed by atoms with Gasteiger partial charge in [0, 0.05) is 5.75 Å². The Balaban J connectivity index is 3.09. The second-order valence-electron chi connectivity index (χ2n) is 3.79. The minimum atomic E-state index is -0.420. The molecular formula is C14H18O4S. The van der Waals surface area contributed by atoms with Gasteiger partial charge in [0.15, 0.2) is 0 Å². The van der Waals surface area contributed by atoms with Crippen LogP contribution in [0.2, 0.25) is 0 Å². The molecule has 1 rings (SSSR count). The molecule has 0 saturated carbocycles. The van der Waals surface area contributed by atoms with E-state index in [9.17, 15) is 9.59 Å². The second kappa shape index (κ2) is 7.84. The van der Waals surface area contributed by atoms with E-state index in [-0.39, 0.29) is 0 Å². The number of esters is 2. The molecule has 0 aromatic heterocycles. The van der Waals surface area contributed by atoms with Gasteiger partial charge in [-0.15, -0.1) is 0 Å². The lowest BCUT2D eigenvalue weighted by atomic mass is 10.1. The number of rotatable bonds is 6. The first-order valence-electron chi connectivity index (χ1n) is 6.09. The maximum absolute atomic E-state index is 11.8. The maximum Gasteiger partial charge on any atom is 0.338 e. The largest absolute Gasteiger partial charge is 0.462 e. The minimum absolute atomic E-state index is 0.306. The summed E-state index contributed by atoms with van der Waals surface area (Å²) in [5.74, 6) is -0.119. The normalized spacial score (nSPS) is 10.1. The highest BCUT2D eigenvalue weighted by Crippen LogP contribution is 2.17. The van der Waals surface area contributed by atoms with Crippen LogP contribution in [0, 0.1) is 0 Å². The first-order valence-corrected chi connectivity index (χ1v) is 7.48. The van der Waals surface area contributed by atoms with Crippen LogP contribution in [0.25, 0.3) is 0 Å². The second-order valence-corrected chi connectivity index (χ2v) is 4.66. The van der Waals surface area contributed by atoms with E-state index >= 15 is 0 Å². The standard InChI is InChI=1S/C14H18O4S/c1-4-17-13(15)11-6-10(9-19-3)7-12(8-11)14(16)18-5-2/h6-8H,4-5,9H2,1-3H3. The molecule has 0 aliphatic heterocycles. The van der Waals surface area contributed by atoms with Crippen LogP contribution in [0.3, 0.4) is 0 Å². The summed E-state index contributed by atoms with van der Waals surface area (Å²) in [6.07, 6.45) is 1.96. The van der Waals surface area contributed by atoms with Gasteiger partial charge in [-0.1, -0.05) is 0 Å². The topological polar surface area (TPSA) is 52.6 Å². The van der Waals surface area contributed by atoms with Gasteiger partial charge >= 0.3 is 11.9 Å². The van der Waals surface area contributed by atoms with Crippen molar-refractivity contribution in [3.05, 3.63) is 34.9 Å². The van der Waals surface area contributed by atoms with Gasteiger partial charge in [-0.2, -0.15) is 11.8 Å². The Labute approximate surface area is 117 Å². The van der Waals surface area contributed by atoms with Crippen molar-refractivity contribution in [2.75, 3.05) is 19.5 Å². The number of carbonyl (C=O) groups is 2. The molecule has 0 saturated heterocycles. The third kappa shape index (κ3) is 4.59. The van der Waals surface area contributed by atoms with Crippen LogP contribution in [0.15, 0.2) is 18.2 Å². The predicted molar refractivity (Wildman–Crippen MR) is 75.6 cm³/mol. The third-order valence-electron chi connectivity index (χ3n) is 2.33. The average Bonchev–Trinajstić information content (AvgIpc) is 2.39. The molecule has 0 unspecified atom stereocenters. The zero-order valence-corrected chi connectivity index (χ0v) is 12.2. The smallest absolute Gasteiger partial charge is 0.338 e. The Morgan fingerprint density at radius 3 is 1.84 bits per heavy atom. The molecule has 4 nitrogen and oxygen atoms in total. The third-order valence-corrected chi connectivity index (χ3v) is 2.95. The van der Waals surface area contributed by atoms with Crippen LogP contribution in [0.1, 0.15) is 40.1 Å².